The molecule has 0 spiro atoms. The molecule has 1 heterocycles. The van der Waals surface area contributed by atoms with Gasteiger partial charge in [-0.1, -0.05) is 19.1 Å². The molecule has 1 fully saturated rings. The number of nitrogens with zero attached hydrogens (tertiary/aromatic N) is 1. The second kappa shape index (κ2) is 4.64. The number of morpholine rings is 1. The standard InChI is InChI=1S/C12H17NO2/c1-2-13-6-7-15-12(9-13)10-4-3-5-11(14)8-10/h3-5,8,12,14H,2,6-7,9H2,1H3. The van der Waals surface area contributed by atoms with Crippen molar-refractivity contribution < 1.29 is 9.84 Å². The molecule has 3 nitrogen and oxygen atoms in total. The summed E-state index contributed by atoms with van der Waals surface area (Å²) in [4.78, 5) is 2.36. The Balaban J connectivity index is 2.09. The van der Waals surface area contributed by atoms with Crippen LogP contribution >= 0.6 is 0 Å². The molecule has 1 aliphatic rings. The lowest BCUT2D eigenvalue weighted by Crippen LogP contribution is -2.37. The molecule has 15 heavy (non-hydrogen) atoms. The zero-order valence-electron chi connectivity index (χ0n) is 9.02. The van der Waals surface area contributed by atoms with Gasteiger partial charge in [-0.15, -0.1) is 0 Å². The monoisotopic (exact) mass is 207 g/mol. The molecule has 1 aromatic carbocycles. The summed E-state index contributed by atoms with van der Waals surface area (Å²) in [6.07, 6.45) is 0.103. The molecule has 1 aromatic rings. The largest absolute Gasteiger partial charge is 0.508 e. The van der Waals surface area contributed by atoms with Crippen molar-refractivity contribution in [3.8, 4) is 5.75 Å². The van der Waals surface area contributed by atoms with Crippen LogP contribution in [-0.2, 0) is 4.74 Å². The van der Waals surface area contributed by atoms with E-state index in [1.165, 1.54) is 0 Å². The first-order chi connectivity index (χ1) is 7.29. The number of likely N-dealkylation sites (N-methyl/N-ethyl adjacent to an activating group) is 1. The minimum absolute atomic E-state index is 0.103. The van der Waals surface area contributed by atoms with E-state index in [1.54, 1.807) is 12.1 Å². The molecule has 1 N–H and O–H groups in total. The van der Waals surface area contributed by atoms with Crippen LogP contribution in [0.4, 0.5) is 0 Å². The normalized spacial score (nSPS) is 22.9. The predicted octanol–water partition coefficient (Wildman–Crippen LogP) is 1.79. The third kappa shape index (κ3) is 2.49. The van der Waals surface area contributed by atoms with Crippen molar-refractivity contribution in [1.29, 1.82) is 0 Å². The molecular weight excluding hydrogens is 190 g/mol. The van der Waals surface area contributed by atoms with Gasteiger partial charge in [0.25, 0.3) is 0 Å². The quantitative estimate of drug-likeness (QED) is 0.802. The molecule has 0 aromatic heterocycles. The van der Waals surface area contributed by atoms with Crippen LogP contribution in [0.2, 0.25) is 0 Å². The highest BCUT2D eigenvalue weighted by molar-refractivity contribution is 5.29. The lowest BCUT2D eigenvalue weighted by atomic mass is 10.1. The van der Waals surface area contributed by atoms with E-state index in [0.717, 1.165) is 31.8 Å². The molecule has 3 heteroatoms. The van der Waals surface area contributed by atoms with Gasteiger partial charge in [-0.25, -0.2) is 0 Å². The predicted molar refractivity (Wildman–Crippen MR) is 58.9 cm³/mol. The summed E-state index contributed by atoms with van der Waals surface area (Å²) in [5.74, 6) is 0.310. The molecule has 0 bridgehead atoms. The van der Waals surface area contributed by atoms with Crippen LogP contribution in [-0.4, -0.2) is 36.2 Å². The number of aromatic hydroxyl groups is 1. The van der Waals surface area contributed by atoms with Crippen molar-refractivity contribution in [1.82, 2.24) is 4.90 Å². The van der Waals surface area contributed by atoms with Gasteiger partial charge in [-0.3, -0.25) is 4.90 Å². The van der Waals surface area contributed by atoms with Crippen LogP contribution in [0.3, 0.4) is 0 Å². The molecule has 0 radical (unpaired) electrons. The molecule has 0 saturated carbocycles. The highest BCUT2D eigenvalue weighted by Gasteiger charge is 2.20. The highest BCUT2D eigenvalue weighted by Crippen LogP contribution is 2.24. The Morgan fingerprint density at radius 2 is 2.40 bits per heavy atom. The highest BCUT2D eigenvalue weighted by atomic mass is 16.5. The van der Waals surface area contributed by atoms with Crippen LogP contribution in [0.5, 0.6) is 5.75 Å². The van der Waals surface area contributed by atoms with Gasteiger partial charge in [-0.2, -0.15) is 0 Å². The number of ether oxygens (including phenoxy) is 1. The third-order valence-electron chi connectivity index (χ3n) is 2.84. The average molecular weight is 207 g/mol. The first kappa shape index (κ1) is 10.5. The number of phenols is 1. The van der Waals surface area contributed by atoms with E-state index in [1.807, 2.05) is 12.1 Å². The van der Waals surface area contributed by atoms with Crippen LogP contribution in [0.1, 0.15) is 18.6 Å². The van der Waals surface area contributed by atoms with Crippen molar-refractivity contribution in [2.24, 2.45) is 0 Å². The van der Waals surface area contributed by atoms with Gasteiger partial charge < -0.3 is 9.84 Å². The molecular formula is C12H17NO2. The van der Waals surface area contributed by atoms with Crippen LogP contribution in [0.15, 0.2) is 24.3 Å². The van der Waals surface area contributed by atoms with Gasteiger partial charge in [0.2, 0.25) is 0 Å². The smallest absolute Gasteiger partial charge is 0.115 e. The van der Waals surface area contributed by atoms with Crippen LogP contribution < -0.4 is 0 Å². The minimum Gasteiger partial charge on any atom is -0.508 e. The zero-order chi connectivity index (χ0) is 10.7. The van der Waals surface area contributed by atoms with Gasteiger partial charge in [0, 0.05) is 13.1 Å². The summed E-state index contributed by atoms with van der Waals surface area (Å²) >= 11 is 0. The van der Waals surface area contributed by atoms with Crippen molar-refractivity contribution in [3.05, 3.63) is 29.8 Å². The molecule has 1 unspecified atom stereocenters. The Bertz CT molecular complexity index is 327. The van der Waals surface area contributed by atoms with Gasteiger partial charge in [0.05, 0.1) is 12.7 Å². The van der Waals surface area contributed by atoms with Crippen molar-refractivity contribution in [2.45, 2.75) is 13.0 Å². The maximum absolute atomic E-state index is 9.40. The molecule has 0 aliphatic carbocycles. The maximum Gasteiger partial charge on any atom is 0.115 e. The first-order valence-electron chi connectivity index (χ1n) is 5.42. The maximum atomic E-state index is 9.40. The first-order valence-corrected chi connectivity index (χ1v) is 5.42. The Labute approximate surface area is 90.3 Å². The van der Waals surface area contributed by atoms with Crippen molar-refractivity contribution in [2.75, 3.05) is 26.2 Å². The number of hydrogen-bond acceptors (Lipinski definition) is 3. The van der Waals surface area contributed by atoms with E-state index < -0.39 is 0 Å². The summed E-state index contributed by atoms with van der Waals surface area (Å²) in [6, 6.07) is 7.33. The molecule has 1 atom stereocenters. The summed E-state index contributed by atoms with van der Waals surface area (Å²) in [7, 11) is 0. The second-order valence-corrected chi connectivity index (χ2v) is 3.85. The second-order valence-electron chi connectivity index (χ2n) is 3.85. The van der Waals surface area contributed by atoms with Gasteiger partial charge >= 0.3 is 0 Å². The summed E-state index contributed by atoms with van der Waals surface area (Å²) in [5.41, 5.74) is 1.06. The van der Waals surface area contributed by atoms with E-state index in [0.29, 0.717) is 5.75 Å². The van der Waals surface area contributed by atoms with E-state index in [4.69, 9.17) is 4.74 Å². The van der Waals surface area contributed by atoms with E-state index in [9.17, 15) is 5.11 Å². The molecule has 1 aliphatic heterocycles. The van der Waals surface area contributed by atoms with Gasteiger partial charge in [0.1, 0.15) is 5.75 Å². The van der Waals surface area contributed by atoms with Crippen LogP contribution in [0.25, 0.3) is 0 Å². The summed E-state index contributed by atoms with van der Waals surface area (Å²) in [6.45, 7) is 5.91. The minimum atomic E-state index is 0.103. The van der Waals surface area contributed by atoms with E-state index >= 15 is 0 Å². The average Bonchev–Trinajstić information content (AvgIpc) is 2.29. The molecule has 1 saturated heterocycles. The number of hydrogen-bond donors (Lipinski definition) is 1. The fraction of sp³-hybridized carbons (Fsp3) is 0.500. The molecule has 2 rings (SSSR count). The number of benzene rings is 1. The number of phenolic OH excluding ortho intramolecular Hbond substituents is 1. The molecule has 82 valence electrons. The fourth-order valence-electron chi connectivity index (χ4n) is 1.92. The lowest BCUT2D eigenvalue weighted by molar-refractivity contribution is -0.0282. The Morgan fingerprint density at radius 3 is 3.13 bits per heavy atom. The number of rotatable bonds is 2. The Hall–Kier alpha value is -1.06. The van der Waals surface area contributed by atoms with Gasteiger partial charge in [0.15, 0.2) is 0 Å². The van der Waals surface area contributed by atoms with Gasteiger partial charge in [-0.05, 0) is 24.2 Å². The van der Waals surface area contributed by atoms with Crippen molar-refractivity contribution in [3.63, 3.8) is 0 Å². The van der Waals surface area contributed by atoms with Crippen LogP contribution in [0, 0.1) is 0 Å². The molecule has 0 amide bonds. The lowest BCUT2D eigenvalue weighted by Gasteiger charge is -2.32. The fourth-order valence-corrected chi connectivity index (χ4v) is 1.92. The summed E-state index contributed by atoms with van der Waals surface area (Å²) in [5, 5.41) is 9.40. The van der Waals surface area contributed by atoms with Crippen molar-refractivity contribution >= 4 is 0 Å². The summed E-state index contributed by atoms with van der Waals surface area (Å²) < 4.78 is 5.70. The Kier molecular flexibility index (Phi) is 3.23. The van der Waals surface area contributed by atoms with E-state index in [2.05, 4.69) is 11.8 Å². The third-order valence-corrected chi connectivity index (χ3v) is 2.84. The Morgan fingerprint density at radius 1 is 1.53 bits per heavy atom. The SMILES string of the molecule is CCN1CCOC(c2cccc(O)c2)C1. The van der Waals surface area contributed by atoms with E-state index in [-0.39, 0.29) is 6.10 Å². The topological polar surface area (TPSA) is 32.7 Å². The zero-order valence-corrected chi connectivity index (χ0v) is 9.02.